The highest BCUT2D eigenvalue weighted by Gasteiger charge is 2.32. The molecule has 2 aromatic heterocycles. The highest BCUT2D eigenvalue weighted by atomic mass is 32.1. The van der Waals surface area contributed by atoms with Crippen molar-refractivity contribution >= 4 is 39.1 Å². The number of hydrogen-bond donors (Lipinski definition) is 1. The molecule has 32 heavy (non-hydrogen) atoms. The number of pyridine rings is 1. The molecule has 2 amide bonds. The van der Waals surface area contributed by atoms with E-state index in [4.69, 9.17) is 5.73 Å². The lowest BCUT2D eigenvalue weighted by atomic mass is 10.00. The number of carbonyl (C=O) groups excluding carboxylic acids is 2. The van der Waals surface area contributed by atoms with Crippen molar-refractivity contribution in [1.82, 2.24) is 9.88 Å². The van der Waals surface area contributed by atoms with E-state index in [1.54, 1.807) is 6.20 Å². The van der Waals surface area contributed by atoms with Gasteiger partial charge >= 0.3 is 0 Å². The van der Waals surface area contributed by atoms with Crippen LogP contribution >= 0.6 is 11.3 Å². The molecule has 1 atom stereocenters. The normalized spacial score (nSPS) is 18.9. The molecule has 0 saturated carbocycles. The van der Waals surface area contributed by atoms with Crippen molar-refractivity contribution in [1.29, 1.82) is 0 Å². The summed E-state index contributed by atoms with van der Waals surface area (Å²) in [6.07, 6.45) is 7.90. The van der Waals surface area contributed by atoms with E-state index in [0.717, 1.165) is 53.9 Å². The molecule has 7 heteroatoms. The van der Waals surface area contributed by atoms with E-state index < -0.39 is 5.91 Å². The van der Waals surface area contributed by atoms with Crippen molar-refractivity contribution in [2.45, 2.75) is 44.6 Å². The monoisotopic (exact) mass is 448 g/mol. The van der Waals surface area contributed by atoms with Gasteiger partial charge in [-0.05, 0) is 67.7 Å². The predicted octanol–water partition coefficient (Wildman–Crippen LogP) is 4.23. The minimum Gasteiger partial charge on any atom is -0.365 e. The van der Waals surface area contributed by atoms with E-state index in [2.05, 4.69) is 9.88 Å². The molecule has 1 aromatic carbocycles. The third-order valence-corrected chi connectivity index (χ3v) is 7.90. The Morgan fingerprint density at radius 3 is 2.69 bits per heavy atom. The van der Waals surface area contributed by atoms with Crippen molar-refractivity contribution in [2.24, 2.45) is 5.73 Å². The molecular formula is C25H28N4O2S. The Morgan fingerprint density at radius 1 is 1.06 bits per heavy atom. The zero-order valence-electron chi connectivity index (χ0n) is 18.1. The van der Waals surface area contributed by atoms with E-state index in [1.165, 1.54) is 30.6 Å². The van der Waals surface area contributed by atoms with Gasteiger partial charge in [0, 0.05) is 42.1 Å². The van der Waals surface area contributed by atoms with Crippen LogP contribution in [0.4, 0.5) is 5.82 Å². The molecule has 0 bridgehead atoms. The van der Waals surface area contributed by atoms with Crippen LogP contribution in [0.25, 0.3) is 10.1 Å². The van der Waals surface area contributed by atoms with Gasteiger partial charge in [-0.1, -0.05) is 18.2 Å². The lowest BCUT2D eigenvalue weighted by Crippen LogP contribution is -2.37. The van der Waals surface area contributed by atoms with Crippen LogP contribution in [0.5, 0.6) is 0 Å². The van der Waals surface area contributed by atoms with Crippen LogP contribution < -0.4 is 10.6 Å². The summed E-state index contributed by atoms with van der Waals surface area (Å²) in [7, 11) is 0. The molecule has 1 unspecified atom stereocenters. The summed E-state index contributed by atoms with van der Waals surface area (Å²) in [6, 6.07) is 11.8. The molecule has 166 valence electrons. The van der Waals surface area contributed by atoms with Crippen molar-refractivity contribution < 1.29 is 9.59 Å². The van der Waals surface area contributed by atoms with Crippen molar-refractivity contribution in [2.75, 3.05) is 24.5 Å². The number of nitrogens with zero attached hydrogens (tertiary/aromatic N) is 3. The van der Waals surface area contributed by atoms with E-state index in [9.17, 15) is 9.59 Å². The molecule has 2 N–H and O–H groups in total. The molecular weight excluding hydrogens is 420 g/mol. The maximum Gasteiger partial charge on any atom is 0.259 e. The lowest BCUT2D eigenvalue weighted by molar-refractivity contribution is 0.0736. The van der Waals surface area contributed by atoms with E-state index >= 15 is 0 Å². The van der Waals surface area contributed by atoms with Crippen LogP contribution in [0.1, 0.15) is 57.7 Å². The number of anilines is 1. The summed E-state index contributed by atoms with van der Waals surface area (Å²) < 4.78 is 1.06. The number of benzene rings is 1. The number of primary amides is 1. The number of fused-ring (bicyclic) bond motifs is 1. The van der Waals surface area contributed by atoms with Gasteiger partial charge in [0.25, 0.3) is 11.8 Å². The topological polar surface area (TPSA) is 79.5 Å². The average Bonchev–Trinajstić information content (AvgIpc) is 3.45. The van der Waals surface area contributed by atoms with Crippen molar-refractivity contribution in [3.63, 3.8) is 0 Å². The van der Waals surface area contributed by atoms with Crippen molar-refractivity contribution in [3.05, 3.63) is 58.6 Å². The highest BCUT2D eigenvalue weighted by Crippen LogP contribution is 2.34. The first-order chi connectivity index (χ1) is 15.6. The summed E-state index contributed by atoms with van der Waals surface area (Å²) in [6.45, 7) is 2.73. The quantitative estimate of drug-likeness (QED) is 0.633. The second-order valence-corrected chi connectivity index (χ2v) is 9.77. The molecule has 0 radical (unpaired) electrons. The Hall–Kier alpha value is -2.93. The van der Waals surface area contributed by atoms with Crippen molar-refractivity contribution in [3.8, 4) is 0 Å². The summed E-state index contributed by atoms with van der Waals surface area (Å²) in [5, 5.41) is 1.07. The summed E-state index contributed by atoms with van der Waals surface area (Å²) in [5.74, 6) is 0.553. The number of aromatic nitrogens is 1. The van der Waals surface area contributed by atoms with Gasteiger partial charge in [0.1, 0.15) is 5.82 Å². The van der Waals surface area contributed by atoms with Gasteiger partial charge in [-0.25, -0.2) is 4.98 Å². The third kappa shape index (κ3) is 3.97. The van der Waals surface area contributed by atoms with E-state index in [1.807, 2.05) is 41.3 Å². The van der Waals surface area contributed by atoms with Crippen LogP contribution in [0, 0.1) is 0 Å². The van der Waals surface area contributed by atoms with Crippen LogP contribution in [-0.4, -0.2) is 47.4 Å². The number of likely N-dealkylation sites (tertiary alicyclic amines) is 1. The Kier molecular flexibility index (Phi) is 5.83. The largest absolute Gasteiger partial charge is 0.365 e. The standard InChI is InChI=1S/C25H28N4O2S/c26-24(30)23-20(19-8-2-3-9-21(19)32-23)16-18-7-6-14-29(18)25(31)17-10-11-27-22(15-17)28-12-4-1-5-13-28/h2-3,8-11,15,18H,1,4-7,12-14,16H2,(H2,26,30). The lowest BCUT2D eigenvalue weighted by Gasteiger charge is -2.29. The highest BCUT2D eigenvalue weighted by molar-refractivity contribution is 7.21. The van der Waals surface area contributed by atoms with Gasteiger partial charge in [0.2, 0.25) is 0 Å². The SMILES string of the molecule is NC(=O)c1sc2ccccc2c1CC1CCCN1C(=O)c1ccnc(N2CCCCC2)c1. The first kappa shape index (κ1) is 20.9. The Balaban J connectivity index is 1.40. The minimum atomic E-state index is -0.391. The molecule has 0 aliphatic carbocycles. The minimum absolute atomic E-state index is 0.0494. The molecule has 3 aromatic rings. The zero-order chi connectivity index (χ0) is 22.1. The third-order valence-electron chi connectivity index (χ3n) is 6.67. The number of carbonyl (C=O) groups is 2. The first-order valence-electron chi connectivity index (χ1n) is 11.4. The van der Waals surface area contributed by atoms with Crippen LogP contribution in [0.15, 0.2) is 42.6 Å². The maximum atomic E-state index is 13.5. The summed E-state index contributed by atoms with van der Waals surface area (Å²) in [5.41, 5.74) is 7.38. The smallest absolute Gasteiger partial charge is 0.259 e. The fourth-order valence-electron chi connectivity index (χ4n) is 5.06. The number of hydrogen-bond acceptors (Lipinski definition) is 5. The molecule has 2 aliphatic heterocycles. The van der Waals surface area contributed by atoms with Gasteiger partial charge in [0.15, 0.2) is 0 Å². The first-order valence-corrected chi connectivity index (χ1v) is 12.3. The molecule has 2 saturated heterocycles. The predicted molar refractivity (Wildman–Crippen MR) is 128 cm³/mol. The van der Waals surface area contributed by atoms with Gasteiger partial charge in [-0.3, -0.25) is 9.59 Å². The average molecular weight is 449 g/mol. The van der Waals surface area contributed by atoms with E-state index in [0.29, 0.717) is 16.9 Å². The molecule has 5 rings (SSSR count). The Bertz CT molecular complexity index is 1150. The molecule has 2 aliphatic rings. The fourth-order valence-corrected chi connectivity index (χ4v) is 6.15. The molecule has 4 heterocycles. The van der Waals surface area contributed by atoms with Crippen LogP contribution in [-0.2, 0) is 6.42 Å². The second-order valence-electron chi connectivity index (χ2n) is 8.72. The molecule has 2 fully saturated rings. The number of nitrogens with two attached hydrogens (primary N) is 1. The summed E-state index contributed by atoms with van der Waals surface area (Å²) >= 11 is 1.45. The zero-order valence-corrected chi connectivity index (χ0v) is 18.9. The molecule has 0 spiro atoms. The van der Waals surface area contributed by atoms with Gasteiger partial charge in [-0.2, -0.15) is 0 Å². The number of piperidine rings is 1. The summed E-state index contributed by atoms with van der Waals surface area (Å²) in [4.78, 5) is 35.0. The van der Waals surface area contributed by atoms with Gasteiger partial charge in [0.05, 0.1) is 4.88 Å². The Morgan fingerprint density at radius 2 is 1.88 bits per heavy atom. The van der Waals surface area contributed by atoms with Gasteiger partial charge in [-0.15, -0.1) is 11.3 Å². The van der Waals surface area contributed by atoms with Crippen LogP contribution in [0.2, 0.25) is 0 Å². The number of amides is 2. The fraction of sp³-hybridized carbons (Fsp3) is 0.400. The van der Waals surface area contributed by atoms with Crippen LogP contribution in [0.3, 0.4) is 0 Å². The van der Waals surface area contributed by atoms with E-state index in [-0.39, 0.29) is 11.9 Å². The van der Waals surface area contributed by atoms with Gasteiger partial charge < -0.3 is 15.5 Å². The number of thiophene rings is 1. The Labute approximate surface area is 192 Å². The second kappa shape index (κ2) is 8.90. The number of rotatable bonds is 5. The molecule has 6 nitrogen and oxygen atoms in total. The maximum absolute atomic E-state index is 13.5.